The topological polar surface area (TPSA) is 51.2 Å². The van der Waals surface area contributed by atoms with Crippen molar-refractivity contribution < 1.29 is 9.53 Å². The lowest BCUT2D eigenvalue weighted by Crippen LogP contribution is -2.14. The fourth-order valence-electron chi connectivity index (χ4n) is 2.21. The second-order valence-electron chi connectivity index (χ2n) is 5.07. The number of carbonyl (C=O) groups excluding carboxylic acids is 1. The van der Waals surface area contributed by atoms with Crippen molar-refractivity contribution in [1.29, 1.82) is 0 Å². The third-order valence-corrected chi connectivity index (χ3v) is 4.90. The number of anilines is 1. The highest BCUT2D eigenvalue weighted by Crippen LogP contribution is 2.31. The van der Waals surface area contributed by atoms with Gasteiger partial charge in [-0.05, 0) is 42.5 Å². The molecule has 2 aromatic carbocycles. The Morgan fingerprint density at radius 2 is 1.92 bits per heavy atom. The molecule has 0 spiro atoms. The molecule has 0 aliphatic carbocycles. The first-order valence-corrected chi connectivity index (χ1v) is 9.11. The van der Waals surface area contributed by atoms with Gasteiger partial charge in [-0.1, -0.05) is 45.9 Å². The normalized spacial score (nSPS) is 10.3. The van der Waals surface area contributed by atoms with E-state index >= 15 is 0 Å². The van der Waals surface area contributed by atoms with Gasteiger partial charge in [0.25, 0.3) is 5.91 Å². The van der Waals surface area contributed by atoms with Gasteiger partial charge in [-0.3, -0.25) is 4.79 Å². The Labute approximate surface area is 158 Å². The summed E-state index contributed by atoms with van der Waals surface area (Å²) >= 11 is 4.86. The molecule has 0 unspecified atom stereocenters. The van der Waals surface area contributed by atoms with Gasteiger partial charge in [-0.25, -0.2) is 4.98 Å². The quantitative estimate of drug-likeness (QED) is 0.618. The van der Waals surface area contributed by atoms with Crippen LogP contribution in [0.4, 0.5) is 5.69 Å². The second-order valence-corrected chi connectivity index (χ2v) is 7.05. The Kier molecular flexibility index (Phi) is 5.73. The number of methoxy groups -OCH3 is 1. The van der Waals surface area contributed by atoms with Crippen LogP contribution in [0.15, 0.2) is 81.3 Å². The summed E-state index contributed by atoms with van der Waals surface area (Å²) in [5, 5.41) is 3.55. The van der Waals surface area contributed by atoms with Gasteiger partial charge in [0, 0.05) is 15.6 Å². The van der Waals surface area contributed by atoms with E-state index < -0.39 is 0 Å². The first kappa shape index (κ1) is 17.5. The first-order valence-electron chi connectivity index (χ1n) is 7.50. The van der Waals surface area contributed by atoms with E-state index in [-0.39, 0.29) is 5.91 Å². The van der Waals surface area contributed by atoms with Crippen molar-refractivity contribution in [2.24, 2.45) is 0 Å². The molecule has 6 heteroatoms. The molecule has 0 aliphatic heterocycles. The van der Waals surface area contributed by atoms with E-state index in [1.165, 1.54) is 11.8 Å². The number of halogens is 1. The maximum atomic E-state index is 12.8. The Morgan fingerprint density at radius 1 is 1.12 bits per heavy atom. The summed E-state index contributed by atoms with van der Waals surface area (Å²) < 4.78 is 6.16. The maximum absolute atomic E-state index is 12.8. The molecule has 0 fully saturated rings. The van der Waals surface area contributed by atoms with Crippen molar-refractivity contribution in [2.75, 3.05) is 12.4 Å². The molecule has 1 N–H and O–H groups in total. The molecule has 3 rings (SSSR count). The Balaban J connectivity index is 1.87. The van der Waals surface area contributed by atoms with E-state index in [0.29, 0.717) is 22.0 Å². The average Bonchev–Trinajstić information content (AvgIpc) is 2.63. The number of amides is 1. The van der Waals surface area contributed by atoms with Crippen molar-refractivity contribution >= 4 is 39.3 Å². The van der Waals surface area contributed by atoms with Crippen LogP contribution in [-0.2, 0) is 0 Å². The summed E-state index contributed by atoms with van der Waals surface area (Å²) in [5.41, 5.74) is 1.11. The van der Waals surface area contributed by atoms with Crippen LogP contribution in [0, 0.1) is 0 Å². The van der Waals surface area contributed by atoms with Gasteiger partial charge in [0.05, 0.1) is 18.4 Å². The van der Waals surface area contributed by atoms with Crippen LogP contribution in [0.5, 0.6) is 5.75 Å². The van der Waals surface area contributed by atoms with Crippen molar-refractivity contribution in [3.8, 4) is 5.75 Å². The predicted molar refractivity (Wildman–Crippen MR) is 103 cm³/mol. The van der Waals surface area contributed by atoms with Crippen LogP contribution < -0.4 is 10.1 Å². The Hall–Kier alpha value is -2.31. The Morgan fingerprint density at radius 3 is 2.68 bits per heavy atom. The third kappa shape index (κ3) is 4.41. The van der Waals surface area contributed by atoms with Gasteiger partial charge in [-0.2, -0.15) is 0 Å². The summed E-state index contributed by atoms with van der Waals surface area (Å²) in [6.45, 7) is 0. The molecule has 25 heavy (non-hydrogen) atoms. The zero-order valence-corrected chi connectivity index (χ0v) is 15.8. The number of nitrogens with one attached hydrogen (secondary N) is 1. The van der Waals surface area contributed by atoms with Gasteiger partial charge in [0.1, 0.15) is 10.8 Å². The summed E-state index contributed by atoms with van der Waals surface area (Å²) in [4.78, 5) is 18.2. The predicted octanol–water partition coefficient (Wildman–Crippen LogP) is 5.26. The van der Waals surface area contributed by atoms with E-state index in [9.17, 15) is 4.79 Å². The minimum absolute atomic E-state index is 0.233. The first-order chi connectivity index (χ1) is 12.2. The number of pyridine rings is 1. The summed E-state index contributed by atoms with van der Waals surface area (Å²) in [6.07, 6.45) is 1.68. The molecule has 4 nitrogen and oxygen atoms in total. The highest BCUT2D eigenvalue weighted by molar-refractivity contribution is 9.10. The van der Waals surface area contributed by atoms with Crippen LogP contribution in [-0.4, -0.2) is 18.0 Å². The molecule has 126 valence electrons. The molecule has 0 bridgehead atoms. The van der Waals surface area contributed by atoms with Crippen LogP contribution in [0.25, 0.3) is 0 Å². The van der Waals surface area contributed by atoms with Crippen LogP contribution in [0.2, 0.25) is 0 Å². The monoisotopic (exact) mass is 414 g/mol. The molecule has 0 saturated heterocycles. The number of carbonyl (C=O) groups is 1. The number of nitrogens with zero attached hydrogens (tertiary/aromatic N) is 1. The second kappa shape index (κ2) is 8.18. The average molecular weight is 415 g/mol. The highest BCUT2D eigenvalue weighted by Gasteiger charge is 2.15. The zero-order chi connectivity index (χ0) is 17.6. The van der Waals surface area contributed by atoms with E-state index in [4.69, 9.17) is 4.74 Å². The van der Waals surface area contributed by atoms with Crippen LogP contribution in [0.1, 0.15) is 10.4 Å². The van der Waals surface area contributed by atoms with E-state index in [2.05, 4.69) is 26.2 Å². The molecular formula is C19H15BrN2O2S. The van der Waals surface area contributed by atoms with E-state index in [1.807, 2.05) is 36.4 Å². The van der Waals surface area contributed by atoms with Crippen molar-refractivity contribution in [3.63, 3.8) is 0 Å². The minimum atomic E-state index is -0.233. The number of aromatic nitrogens is 1. The fraction of sp³-hybridized carbons (Fsp3) is 0.0526. The number of hydrogen-bond donors (Lipinski definition) is 1. The van der Waals surface area contributed by atoms with Gasteiger partial charge in [0.2, 0.25) is 0 Å². The number of ether oxygens (including phenoxy) is 1. The van der Waals surface area contributed by atoms with Crippen molar-refractivity contribution in [1.82, 2.24) is 4.98 Å². The number of rotatable bonds is 5. The fourth-order valence-corrected chi connectivity index (χ4v) is 3.47. The third-order valence-electron chi connectivity index (χ3n) is 3.38. The molecule has 3 aromatic rings. The number of benzene rings is 2. The van der Waals surface area contributed by atoms with Crippen LogP contribution in [0.3, 0.4) is 0 Å². The lowest BCUT2D eigenvalue weighted by atomic mass is 10.2. The van der Waals surface area contributed by atoms with Gasteiger partial charge < -0.3 is 10.1 Å². The molecule has 0 atom stereocenters. The van der Waals surface area contributed by atoms with E-state index in [1.54, 1.807) is 37.6 Å². The molecule has 0 radical (unpaired) electrons. The number of hydrogen-bond acceptors (Lipinski definition) is 4. The molecule has 1 aromatic heterocycles. The van der Waals surface area contributed by atoms with Crippen molar-refractivity contribution in [2.45, 2.75) is 9.92 Å². The molecule has 1 amide bonds. The maximum Gasteiger partial charge on any atom is 0.258 e. The lowest BCUT2D eigenvalue weighted by molar-refractivity contribution is 0.102. The summed E-state index contributed by atoms with van der Waals surface area (Å²) in [6, 6.07) is 18.8. The van der Waals surface area contributed by atoms with Crippen molar-refractivity contribution in [3.05, 3.63) is 76.9 Å². The molecule has 1 heterocycles. The summed E-state index contributed by atoms with van der Waals surface area (Å²) in [7, 11) is 1.57. The van der Waals surface area contributed by atoms with Gasteiger partial charge in [0.15, 0.2) is 0 Å². The zero-order valence-electron chi connectivity index (χ0n) is 13.4. The van der Waals surface area contributed by atoms with Gasteiger partial charge in [-0.15, -0.1) is 0 Å². The highest BCUT2D eigenvalue weighted by atomic mass is 79.9. The standard InChI is InChI=1S/C19H15BrN2O2S/c1-24-17-10-9-13(20)12-16(17)22-18(23)15-8-5-11-21-19(15)25-14-6-3-2-4-7-14/h2-12H,1H3,(H,22,23). The van der Waals surface area contributed by atoms with Gasteiger partial charge >= 0.3 is 0 Å². The SMILES string of the molecule is COc1ccc(Br)cc1NC(=O)c1cccnc1Sc1ccccc1. The largest absolute Gasteiger partial charge is 0.495 e. The molecular weight excluding hydrogens is 400 g/mol. The van der Waals surface area contributed by atoms with Crippen LogP contribution >= 0.6 is 27.7 Å². The molecule has 0 aliphatic rings. The lowest BCUT2D eigenvalue weighted by Gasteiger charge is -2.12. The minimum Gasteiger partial charge on any atom is -0.495 e. The van der Waals surface area contributed by atoms with E-state index in [0.717, 1.165) is 9.37 Å². The molecule has 0 saturated carbocycles. The summed E-state index contributed by atoms with van der Waals surface area (Å²) in [5.74, 6) is 0.362. The smallest absolute Gasteiger partial charge is 0.258 e. The Bertz CT molecular complexity index is 888.